The molecule has 3 aliphatic rings. The van der Waals surface area contributed by atoms with Gasteiger partial charge in [-0.2, -0.15) is 0 Å². The molecule has 0 spiro atoms. The quantitative estimate of drug-likeness (QED) is 0.836. The van der Waals surface area contributed by atoms with Crippen LogP contribution in [0, 0.1) is 5.92 Å². The number of ether oxygens (including phenoxy) is 1. The summed E-state index contributed by atoms with van der Waals surface area (Å²) >= 11 is 0. The van der Waals surface area contributed by atoms with Crippen LogP contribution >= 0.6 is 0 Å². The highest BCUT2D eigenvalue weighted by Gasteiger charge is 2.34. The second-order valence-corrected chi connectivity index (χ2v) is 7.06. The Balaban J connectivity index is 1.37. The number of rotatable bonds is 5. The van der Waals surface area contributed by atoms with Crippen molar-refractivity contribution in [3.05, 3.63) is 47.7 Å². The fraction of sp³-hybridized carbons (Fsp3) is 0.400. The molecule has 2 bridgehead atoms. The summed E-state index contributed by atoms with van der Waals surface area (Å²) in [4.78, 5) is 26.2. The van der Waals surface area contributed by atoms with Crippen LogP contribution in [0.5, 0.6) is 11.7 Å². The molecule has 1 N–H and O–H groups in total. The van der Waals surface area contributed by atoms with Crippen molar-refractivity contribution in [3.63, 3.8) is 0 Å². The molecule has 1 amide bonds. The van der Waals surface area contributed by atoms with Crippen molar-refractivity contribution >= 4 is 11.7 Å². The van der Waals surface area contributed by atoms with Crippen LogP contribution in [0.2, 0.25) is 0 Å². The summed E-state index contributed by atoms with van der Waals surface area (Å²) in [7, 11) is 0. The van der Waals surface area contributed by atoms with Crippen molar-refractivity contribution in [1.82, 2.24) is 10.2 Å². The normalized spacial score (nSPS) is 24.3. The molecule has 26 heavy (non-hydrogen) atoms. The summed E-state index contributed by atoms with van der Waals surface area (Å²) in [6.45, 7) is 4.73. The fourth-order valence-corrected chi connectivity index (χ4v) is 3.73. The second kappa shape index (κ2) is 6.96. The van der Waals surface area contributed by atoms with Gasteiger partial charge < -0.3 is 19.4 Å². The van der Waals surface area contributed by atoms with E-state index in [1.54, 1.807) is 30.3 Å². The number of hydrogen-bond donors (Lipinski definition) is 1. The van der Waals surface area contributed by atoms with Crippen molar-refractivity contribution < 1.29 is 18.7 Å². The van der Waals surface area contributed by atoms with Crippen molar-refractivity contribution in [1.29, 1.82) is 0 Å². The minimum absolute atomic E-state index is 0.0489. The average molecular weight is 354 g/mol. The molecule has 5 rings (SSSR count). The molecule has 0 radical (unpaired) electrons. The largest absolute Gasteiger partial charge is 0.433 e. The van der Waals surface area contributed by atoms with Crippen LogP contribution < -0.4 is 10.1 Å². The molecule has 3 aliphatic heterocycles. The van der Waals surface area contributed by atoms with Gasteiger partial charge in [0.1, 0.15) is 12.0 Å². The number of carbonyl (C=O) groups excluding carboxylic acids is 2. The lowest BCUT2D eigenvalue weighted by Crippen LogP contribution is -2.57. The zero-order valence-electron chi connectivity index (χ0n) is 14.7. The Labute approximate surface area is 152 Å². The zero-order valence-corrected chi connectivity index (χ0v) is 14.7. The smallest absolute Gasteiger partial charge is 0.290 e. The fourth-order valence-electron chi connectivity index (χ4n) is 3.73. The van der Waals surface area contributed by atoms with Gasteiger partial charge in [-0.25, -0.2) is 0 Å². The zero-order chi connectivity index (χ0) is 18.1. The van der Waals surface area contributed by atoms with E-state index >= 15 is 0 Å². The summed E-state index contributed by atoms with van der Waals surface area (Å²) in [5.74, 6) is 1.27. The lowest BCUT2D eigenvalue weighted by atomic mass is 9.84. The summed E-state index contributed by atoms with van der Waals surface area (Å²) in [5, 5.41) is 3.17. The topological polar surface area (TPSA) is 71.8 Å². The maximum Gasteiger partial charge on any atom is 0.290 e. The van der Waals surface area contributed by atoms with Crippen LogP contribution in [-0.2, 0) is 0 Å². The number of ketones is 1. The van der Waals surface area contributed by atoms with E-state index in [0.717, 1.165) is 19.6 Å². The Kier molecular flexibility index (Phi) is 4.51. The number of Topliss-reactive ketones (excluding diaryl/α,β-unsaturated/α-hetero) is 1. The number of carbonyl (C=O) groups is 2. The molecule has 3 saturated heterocycles. The van der Waals surface area contributed by atoms with Crippen LogP contribution in [0.3, 0.4) is 0 Å². The Bertz CT molecular complexity index is 803. The number of furan rings is 1. The van der Waals surface area contributed by atoms with Gasteiger partial charge in [0.25, 0.3) is 11.9 Å². The standard InChI is InChI=1S/C20H22N2O4/c1-13(23)16-10-19(25-12-16)26-17-4-2-15(3-5-17)20(24)21-18-11-22-8-6-14(18)7-9-22/h2-5,10,12,14,18H,6-9,11H2,1H3,(H,21,24)/t18-/m0/s1. The molecule has 1 atom stereocenters. The first kappa shape index (κ1) is 16.8. The number of fused-ring (bicyclic) bond motifs is 3. The summed E-state index contributed by atoms with van der Waals surface area (Å²) in [6, 6.07) is 8.72. The van der Waals surface area contributed by atoms with E-state index < -0.39 is 0 Å². The summed E-state index contributed by atoms with van der Waals surface area (Å²) in [6.07, 6.45) is 3.71. The van der Waals surface area contributed by atoms with Crippen LogP contribution in [0.15, 0.2) is 41.0 Å². The second-order valence-electron chi connectivity index (χ2n) is 7.06. The Morgan fingerprint density at radius 1 is 1.15 bits per heavy atom. The van der Waals surface area contributed by atoms with Crippen LogP contribution in [0.1, 0.15) is 40.5 Å². The van der Waals surface area contributed by atoms with Gasteiger partial charge in [-0.15, -0.1) is 0 Å². The molecule has 1 aromatic heterocycles. The molecule has 6 heteroatoms. The minimum Gasteiger partial charge on any atom is -0.433 e. The van der Waals surface area contributed by atoms with E-state index in [9.17, 15) is 9.59 Å². The number of nitrogens with one attached hydrogen (secondary N) is 1. The number of amides is 1. The number of benzene rings is 1. The number of hydrogen-bond acceptors (Lipinski definition) is 5. The van der Waals surface area contributed by atoms with Gasteiger partial charge in [-0.3, -0.25) is 9.59 Å². The third-order valence-electron chi connectivity index (χ3n) is 5.29. The van der Waals surface area contributed by atoms with Gasteiger partial charge in [0.2, 0.25) is 0 Å². The highest BCUT2D eigenvalue weighted by atomic mass is 16.6. The first-order valence-corrected chi connectivity index (χ1v) is 8.99. The molecule has 1 aromatic carbocycles. The predicted molar refractivity (Wildman–Crippen MR) is 95.6 cm³/mol. The number of piperidine rings is 3. The van der Waals surface area contributed by atoms with E-state index in [-0.39, 0.29) is 23.7 Å². The first-order valence-electron chi connectivity index (χ1n) is 8.99. The Morgan fingerprint density at radius 2 is 1.88 bits per heavy atom. The molecular formula is C20H22N2O4. The van der Waals surface area contributed by atoms with Crippen molar-refractivity contribution in [2.75, 3.05) is 19.6 Å². The van der Waals surface area contributed by atoms with Gasteiger partial charge in [-0.1, -0.05) is 0 Å². The maximum atomic E-state index is 12.5. The molecule has 0 saturated carbocycles. The van der Waals surface area contributed by atoms with Gasteiger partial charge in [0.15, 0.2) is 5.78 Å². The molecule has 2 aromatic rings. The van der Waals surface area contributed by atoms with Crippen LogP contribution in [0.25, 0.3) is 0 Å². The molecule has 3 fully saturated rings. The lowest BCUT2D eigenvalue weighted by Gasteiger charge is -2.44. The van der Waals surface area contributed by atoms with Crippen molar-refractivity contribution in [3.8, 4) is 11.7 Å². The van der Waals surface area contributed by atoms with Crippen molar-refractivity contribution in [2.24, 2.45) is 5.92 Å². The van der Waals surface area contributed by atoms with E-state index in [1.165, 1.54) is 26.0 Å². The van der Waals surface area contributed by atoms with Gasteiger partial charge in [0.05, 0.1) is 5.56 Å². The van der Waals surface area contributed by atoms with E-state index in [1.807, 2.05) is 0 Å². The van der Waals surface area contributed by atoms with Crippen LogP contribution in [-0.4, -0.2) is 42.3 Å². The van der Waals surface area contributed by atoms with Crippen molar-refractivity contribution in [2.45, 2.75) is 25.8 Å². The maximum absolute atomic E-state index is 12.5. The SMILES string of the molecule is CC(=O)c1coc(Oc2ccc(C(=O)N[C@H]3CN4CCC3CC4)cc2)c1. The number of nitrogens with zero attached hydrogens (tertiary/aromatic N) is 1. The molecule has 136 valence electrons. The molecule has 4 heterocycles. The van der Waals surface area contributed by atoms with Crippen LogP contribution in [0.4, 0.5) is 0 Å². The van der Waals surface area contributed by atoms with E-state index in [0.29, 0.717) is 22.8 Å². The summed E-state index contributed by atoms with van der Waals surface area (Å²) in [5.41, 5.74) is 1.08. The highest BCUT2D eigenvalue weighted by Crippen LogP contribution is 2.28. The summed E-state index contributed by atoms with van der Waals surface area (Å²) < 4.78 is 10.8. The monoisotopic (exact) mass is 354 g/mol. The molecular weight excluding hydrogens is 332 g/mol. The molecule has 6 nitrogen and oxygen atoms in total. The van der Waals surface area contributed by atoms with Gasteiger partial charge in [0, 0.05) is 24.2 Å². The Hall–Kier alpha value is -2.60. The predicted octanol–water partition coefficient (Wildman–Crippen LogP) is 3.10. The minimum atomic E-state index is -0.0802. The van der Waals surface area contributed by atoms with Gasteiger partial charge >= 0.3 is 0 Å². The van der Waals surface area contributed by atoms with Gasteiger partial charge in [-0.05, 0) is 63.0 Å². The lowest BCUT2D eigenvalue weighted by molar-refractivity contribution is 0.0620. The third-order valence-corrected chi connectivity index (χ3v) is 5.29. The first-order chi connectivity index (χ1) is 12.6. The van der Waals surface area contributed by atoms with E-state index in [2.05, 4.69) is 10.2 Å². The average Bonchev–Trinajstić information content (AvgIpc) is 3.12. The van der Waals surface area contributed by atoms with E-state index in [4.69, 9.17) is 9.15 Å². The Morgan fingerprint density at radius 3 is 2.46 bits per heavy atom. The third kappa shape index (κ3) is 3.51. The molecule has 0 unspecified atom stereocenters. The molecule has 0 aliphatic carbocycles. The highest BCUT2D eigenvalue weighted by molar-refractivity contribution is 5.94.